The largest absolute Gasteiger partial charge is 0.324 e. The summed E-state index contributed by atoms with van der Waals surface area (Å²) in [6, 6.07) is 20.1. The Balaban J connectivity index is 1.77. The normalized spacial score (nSPS) is 14.2. The number of nitrogens with one attached hydrogen (secondary N) is 1. The van der Waals surface area contributed by atoms with Gasteiger partial charge in [0.1, 0.15) is 6.54 Å². The maximum atomic E-state index is 13.4. The van der Waals surface area contributed by atoms with Crippen molar-refractivity contribution in [3.8, 4) is 11.1 Å². The van der Waals surface area contributed by atoms with E-state index in [0.29, 0.717) is 22.9 Å². The second-order valence-electron chi connectivity index (χ2n) is 7.80. The number of carbonyl (C=O) groups excluding carboxylic acids is 1. The van der Waals surface area contributed by atoms with Crippen molar-refractivity contribution in [2.24, 2.45) is 0 Å². The van der Waals surface area contributed by atoms with Crippen LogP contribution in [-0.4, -0.2) is 20.9 Å². The van der Waals surface area contributed by atoms with Gasteiger partial charge in [0.2, 0.25) is 5.91 Å². The van der Waals surface area contributed by atoms with Crippen LogP contribution in [0.3, 0.4) is 0 Å². The van der Waals surface area contributed by atoms with E-state index in [1.807, 2.05) is 49.4 Å². The minimum Gasteiger partial charge on any atom is -0.324 e. The van der Waals surface area contributed by atoms with E-state index >= 15 is 0 Å². The lowest BCUT2D eigenvalue weighted by atomic mass is 9.95. The second-order valence-corrected chi connectivity index (χ2v) is 9.63. The van der Waals surface area contributed by atoms with Crippen molar-refractivity contribution in [2.45, 2.75) is 31.6 Å². The molecule has 1 heterocycles. The van der Waals surface area contributed by atoms with Crippen molar-refractivity contribution in [1.29, 1.82) is 0 Å². The number of amides is 1. The van der Waals surface area contributed by atoms with Gasteiger partial charge in [-0.3, -0.25) is 9.10 Å². The molecule has 5 nitrogen and oxygen atoms in total. The zero-order valence-electron chi connectivity index (χ0n) is 17.2. The number of sulfonamides is 1. The number of fused-ring (bicyclic) bond motifs is 3. The Labute approximate surface area is 177 Å². The number of rotatable bonds is 4. The summed E-state index contributed by atoms with van der Waals surface area (Å²) in [6.07, 6.45) is 0. The van der Waals surface area contributed by atoms with Crippen LogP contribution in [0.1, 0.15) is 30.9 Å². The first-order valence-electron chi connectivity index (χ1n) is 9.90. The molecule has 0 atom stereocenters. The highest BCUT2D eigenvalue weighted by Gasteiger charge is 2.36. The van der Waals surface area contributed by atoms with Gasteiger partial charge in [0.15, 0.2) is 0 Å². The fourth-order valence-corrected chi connectivity index (χ4v) is 5.36. The predicted molar refractivity (Wildman–Crippen MR) is 120 cm³/mol. The fraction of sp³-hybridized carbons (Fsp3) is 0.208. The van der Waals surface area contributed by atoms with Crippen LogP contribution in [0, 0.1) is 6.92 Å². The molecule has 1 aliphatic rings. The zero-order chi connectivity index (χ0) is 21.5. The molecular weight excluding hydrogens is 396 g/mol. The number of nitrogens with zero attached hydrogens (tertiary/aromatic N) is 1. The molecule has 6 heteroatoms. The summed E-state index contributed by atoms with van der Waals surface area (Å²) in [5, 5.41) is 2.83. The van der Waals surface area contributed by atoms with Crippen LogP contribution in [0.25, 0.3) is 11.1 Å². The molecule has 0 fully saturated rings. The van der Waals surface area contributed by atoms with E-state index < -0.39 is 10.0 Å². The van der Waals surface area contributed by atoms with Crippen molar-refractivity contribution in [3.63, 3.8) is 0 Å². The van der Waals surface area contributed by atoms with E-state index in [1.165, 1.54) is 4.31 Å². The smallest absolute Gasteiger partial charge is 0.265 e. The SMILES string of the molecule is Cc1ccccc1NC(=O)CN1c2ccc(C(C)C)cc2-c2ccccc2S1(=O)=O. The molecule has 0 radical (unpaired) electrons. The van der Waals surface area contributed by atoms with Crippen LogP contribution in [0.5, 0.6) is 0 Å². The van der Waals surface area contributed by atoms with Crippen molar-refractivity contribution in [1.82, 2.24) is 0 Å². The minimum absolute atomic E-state index is 0.224. The monoisotopic (exact) mass is 420 g/mol. The van der Waals surface area contributed by atoms with Crippen molar-refractivity contribution < 1.29 is 13.2 Å². The van der Waals surface area contributed by atoms with E-state index in [2.05, 4.69) is 19.2 Å². The Morgan fingerprint density at radius 1 is 0.967 bits per heavy atom. The van der Waals surface area contributed by atoms with Gasteiger partial charge in [-0.25, -0.2) is 8.42 Å². The van der Waals surface area contributed by atoms with Gasteiger partial charge in [-0.15, -0.1) is 0 Å². The standard InChI is InChI=1S/C24H24N2O3S/c1-16(2)18-12-13-22-20(14-18)19-9-5-7-11-23(19)30(28,29)26(22)15-24(27)25-21-10-6-4-8-17(21)3/h4-14,16H,15H2,1-3H3,(H,25,27). The van der Waals surface area contributed by atoms with Crippen LogP contribution in [0.15, 0.2) is 71.6 Å². The van der Waals surface area contributed by atoms with Crippen LogP contribution < -0.4 is 9.62 Å². The van der Waals surface area contributed by atoms with Crippen LogP contribution in [0.2, 0.25) is 0 Å². The van der Waals surface area contributed by atoms with E-state index in [0.717, 1.165) is 16.7 Å². The average molecular weight is 421 g/mol. The molecule has 0 bridgehead atoms. The first kappa shape index (κ1) is 20.2. The molecule has 0 spiro atoms. The maximum absolute atomic E-state index is 13.4. The number of para-hydroxylation sites is 1. The Morgan fingerprint density at radius 3 is 2.40 bits per heavy atom. The molecule has 4 rings (SSSR count). The third-order valence-electron chi connectivity index (χ3n) is 5.41. The first-order valence-corrected chi connectivity index (χ1v) is 11.3. The summed E-state index contributed by atoms with van der Waals surface area (Å²) < 4.78 is 28.0. The molecule has 1 aliphatic heterocycles. The number of carbonyl (C=O) groups is 1. The summed E-state index contributed by atoms with van der Waals surface area (Å²) in [5.74, 6) is -0.0788. The number of hydrogen-bond donors (Lipinski definition) is 1. The van der Waals surface area contributed by atoms with E-state index in [1.54, 1.807) is 24.3 Å². The maximum Gasteiger partial charge on any atom is 0.265 e. The third kappa shape index (κ3) is 3.48. The lowest BCUT2D eigenvalue weighted by Gasteiger charge is -2.32. The van der Waals surface area contributed by atoms with Gasteiger partial charge in [-0.2, -0.15) is 0 Å². The molecule has 0 saturated heterocycles. The molecule has 3 aromatic carbocycles. The highest BCUT2D eigenvalue weighted by atomic mass is 32.2. The first-order chi connectivity index (χ1) is 14.3. The summed E-state index contributed by atoms with van der Waals surface area (Å²) in [6.45, 7) is 5.80. The summed E-state index contributed by atoms with van der Waals surface area (Å²) in [7, 11) is -3.85. The summed E-state index contributed by atoms with van der Waals surface area (Å²) in [5.41, 5.74) is 4.73. The van der Waals surface area contributed by atoms with E-state index in [-0.39, 0.29) is 17.3 Å². The molecule has 0 unspecified atom stereocenters. The van der Waals surface area contributed by atoms with Gasteiger partial charge in [0, 0.05) is 16.8 Å². The Kier molecular flexibility index (Phi) is 5.12. The average Bonchev–Trinajstić information content (AvgIpc) is 2.72. The van der Waals surface area contributed by atoms with Gasteiger partial charge in [0.25, 0.3) is 10.0 Å². The number of aryl methyl sites for hydroxylation is 1. The molecule has 3 aromatic rings. The van der Waals surface area contributed by atoms with Gasteiger partial charge in [-0.1, -0.05) is 56.3 Å². The van der Waals surface area contributed by atoms with Crippen LogP contribution in [0.4, 0.5) is 11.4 Å². The number of anilines is 2. The molecule has 0 aromatic heterocycles. The van der Waals surface area contributed by atoms with Gasteiger partial charge in [0.05, 0.1) is 10.6 Å². The molecular formula is C24H24N2O3S. The van der Waals surface area contributed by atoms with Gasteiger partial charge in [-0.05, 0) is 48.2 Å². The Morgan fingerprint density at radius 2 is 1.67 bits per heavy atom. The second kappa shape index (κ2) is 7.61. The van der Waals surface area contributed by atoms with Crippen molar-refractivity contribution in [3.05, 3.63) is 77.9 Å². The number of hydrogen-bond acceptors (Lipinski definition) is 3. The quantitative estimate of drug-likeness (QED) is 0.651. The Hall–Kier alpha value is -3.12. The molecule has 0 aliphatic carbocycles. The lowest BCUT2D eigenvalue weighted by molar-refractivity contribution is -0.114. The highest BCUT2D eigenvalue weighted by Crippen LogP contribution is 2.43. The van der Waals surface area contributed by atoms with E-state index in [4.69, 9.17) is 0 Å². The van der Waals surface area contributed by atoms with Gasteiger partial charge < -0.3 is 5.32 Å². The minimum atomic E-state index is -3.85. The summed E-state index contributed by atoms with van der Waals surface area (Å²) >= 11 is 0. The Bertz CT molecular complexity index is 1230. The molecule has 30 heavy (non-hydrogen) atoms. The zero-order valence-corrected chi connectivity index (χ0v) is 18.0. The van der Waals surface area contributed by atoms with Crippen LogP contribution >= 0.6 is 0 Å². The molecule has 0 saturated carbocycles. The lowest BCUT2D eigenvalue weighted by Crippen LogP contribution is -2.40. The number of benzene rings is 3. The van der Waals surface area contributed by atoms with Crippen molar-refractivity contribution >= 4 is 27.3 Å². The van der Waals surface area contributed by atoms with Gasteiger partial charge >= 0.3 is 0 Å². The summed E-state index contributed by atoms with van der Waals surface area (Å²) in [4.78, 5) is 13.0. The topological polar surface area (TPSA) is 66.5 Å². The predicted octanol–water partition coefficient (Wildman–Crippen LogP) is 4.93. The van der Waals surface area contributed by atoms with E-state index in [9.17, 15) is 13.2 Å². The third-order valence-corrected chi connectivity index (χ3v) is 7.23. The fourth-order valence-electron chi connectivity index (χ4n) is 3.71. The molecule has 1 N–H and O–H groups in total. The molecule has 154 valence electrons. The van der Waals surface area contributed by atoms with Crippen molar-refractivity contribution in [2.75, 3.05) is 16.2 Å². The molecule has 1 amide bonds. The highest BCUT2D eigenvalue weighted by molar-refractivity contribution is 7.93. The van der Waals surface area contributed by atoms with Crippen LogP contribution in [-0.2, 0) is 14.8 Å².